The molecule has 4 saturated carbocycles. The van der Waals surface area contributed by atoms with Crippen molar-refractivity contribution < 1.29 is 9.47 Å². The van der Waals surface area contributed by atoms with Gasteiger partial charge < -0.3 is 14.8 Å². The minimum Gasteiger partial charge on any atom is -0.375 e. The fourth-order valence-corrected chi connectivity index (χ4v) is 5.24. The van der Waals surface area contributed by atoms with Crippen molar-refractivity contribution in [3.63, 3.8) is 0 Å². The third-order valence-electron chi connectivity index (χ3n) is 5.84. The van der Waals surface area contributed by atoms with Gasteiger partial charge in [-0.25, -0.2) is 0 Å². The van der Waals surface area contributed by atoms with Gasteiger partial charge in [0.05, 0.1) is 18.8 Å². The van der Waals surface area contributed by atoms with E-state index in [1.54, 1.807) is 0 Å². The normalized spacial score (nSPS) is 49.3. The molecule has 4 bridgehead atoms. The molecule has 19 heavy (non-hydrogen) atoms. The van der Waals surface area contributed by atoms with E-state index in [2.05, 4.69) is 5.32 Å². The molecule has 1 unspecified atom stereocenters. The van der Waals surface area contributed by atoms with Crippen molar-refractivity contribution in [3.05, 3.63) is 0 Å². The molecule has 0 aromatic rings. The summed E-state index contributed by atoms with van der Waals surface area (Å²) < 4.78 is 12.2. The first-order chi connectivity index (χ1) is 9.38. The topological polar surface area (TPSA) is 30.5 Å². The second-order valence-electron chi connectivity index (χ2n) is 7.28. The van der Waals surface area contributed by atoms with Crippen molar-refractivity contribution in [1.29, 1.82) is 0 Å². The Hall–Kier alpha value is -0.120. The van der Waals surface area contributed by atoms with Crippen molar-refractivity contribution in [3.8, 4) is 0 Å². The summed E-state index contributed by atoms with van der Waals surface area (Å²) in [5.41, 5.74) is 0. The van der Waals surface area contributed by atoms with Gasteiger partial charge in [0.1, 0.15) is 0 Å². The van der Waals surface area contributed by atoms with Gasteiger partial charge in [-0.1, -0.05) is 0 Å². The summed E-state index contributed by atoms with van der Waals surface area (Å²) in [6.45, 7) is 3.75. The van der Waals surface area contributed by atoms with Crippen molar-refractivity contribution >= 4 is 0 Å². The van der Waals surface area contributed by atoms with Crippen LogP contribution in [0.5, 0.6) is 0 Å². The molecule has 4 aliphatic carbocycles. The molecule has 1 aliphatic heterocycles. The molecule has 0 aromatic carbocycles. The zero-order chi connectivity index (χ0) is 12.7. The van der Waals surface area contributed by atoms with Gasteiger partial charge in [0.15, 0.2) is 0 Å². The Bertz CT molecular complexity index is 284. The van der Waals surface area contributed by atoms with E-state index in [1.807, 2.05) is 0 Å². The van der Waals surface area contributed by atoms with Gasteiger partial charge in [-0.05, 0) is 68.7 Å². The minimum absolute atomic E-state index is 0.277. The fraction of sp³-hybridized carbons (Fsp3) is 1.00. The lowest BCUT2D eigenvalue weighted by Gasteiger charge is -2.54. The Morgan fingerprint density at radius 2 is 1.74 bits per heavy atom. The predicted molar refractivity (Wildman–Crippen MR) is 74.0 cm³/mol. The van der Waals surface area contributed by atoms with E-state index in [0.717, 1.165) is 56.4 Å². The first kappa shape index (κ1) is 12.6. The molecule has 3 heteroatoms. The van der Waals surface area contributed by atoms with Crippen LogP contribution in [-0.2, 0) is 9.47 Å². The second-order valence-corrected chi connectivity index (χ2v) is 7.28. The standard InChI is InChI=1S/C16H27NO2/c1-2-17-9-15(18-3-1)10-19-16-13-5-11-4-12(7-13)8-14(16)6-11/h11-17H,1-10H2. The zero-order valence-electron chi connectivity index (χ0n) is 11.9. The fourth-order valence-electron chi connectivity index (χ4n) is 5.24. The molecule has 5 rings (SSSR count). The summed E-state index contributed by atoms with van der Waals surface area (Å²) in [6, 6.07) is 0. The van der Waals surface area contributed by atoms with E-state index in [1.165, 1.54) is 32.1 Å². The number of ether oxygens (including phenoxy) is 2. The van der Waals surface area contributed by atoms with Crippen LogP contribution >= 0.6 is 0 Å². The largest absolute Gasteiger partial charge is 0.375 e. The zero-order valence-corrected chi connectivity index (χ0v) is 11.9. The van der Waals surface area contributed by atoms with Crippen molar-refractivity contribution in [1.82, 2.24) is 5.32 Å². The summed E-state index contributed by atoms with van der Waals surface area (Å²) in [7, 11) is 0. The van der Waals surface area contributed by atoms with Gasteiger partial charge in [0.25, 0.3) is 0 Å². The van der Waals surface area contributed by atoms with E-state index in [4.69, 9.17) is 9.47 Å². The van der Waals surface area contributed by atoms with Crippen LogP contribution in [0.25, 0.3) is 0 Å². The summed E-state index contributed by atoms with van der Waals surface area (Å²) in [5.74, 6) is 3.82. The molecule has 1 heterocycles. The molecule has 5 fully saturated rings. The predicted octanol–water partition coefficient (Wildman–Crippen LogP) is 2.21. The maximum absolute atomic E-state index is 6.35. The molecular formula is C16H27NO2. The molecule has 0 aromatic heterocycles. The maximum atomic E-state index is 6.35. The number of rotatable bonds is 3. The summed E-state index contributed by atoms with van der Waals surface area (Å²) >= 11 is 0. The average molecular weight is 265 g/mol. The third kappa shape index (κ3) is 2.57. The van der Waals surface area contributed by atoms with Crippen LogP contribution in [0.1, 0.15) is 38.5 Å². The monoisotopic (exact) mass is 265 g/mol. The van der Waals surface area contributed by atoms with Crippen molar-refractivity contribution in [2.24, 2.45) is 23.7 Å². The molecule has 3 nitrogen and oxygen atoms in total. The molecule has 5 aliphatic rings. The lowest BCUT2D eigenvalue weighted by Crippen LogP contribution is -2.50. The van der Waals surface area contributed by atoms with Crippen LogP contribution < -0.4 is 5.32 Å². The van der Waals surface area contributed by atoms with Crippen LogP contribution in [0.2, 0.25) is 0 Å². The first-order valence-electron chi connectivity index (χ1n) is 8.32. The first-order valence-corrected chi connectivity index (χ1v) is 8.32. The van der Waals surface area contributed by atoms with Crippen LogP contribution in [0.4, 0.5) is 0 Å². The molecule has 0 radical (unpaired) electrons. The molecule has 1 atom stereocenters. The highest BCUT2D eigenvalue weighted by atomic mass is 16.5. The lowest BCUT2D eigenvalue weighted by molar-refractivity contribution is -0.144. The highest BCUT2D eigenvalue weighted by molar-refractivity contribution is 4.99. The second kappa shape index (κ2) is 5.34. The molecule has 1 saturated heterocycles. The summed E-state index contributed by atoms with van der Waals surface area (Å²) in [4.78, 5) is 0. The summed E-state index contributed by atoms with van der Waals surface area (Å²) in [6.07, 6.45) is 9.27. The smallest absolute Gasteiger partial charge is 0.0932 e. The Morgan fingerprint density at radius 1 is 1.00 bits per heavy atom. The quantitative estimate of drug-likeness (QED) is 0.848. The maximum Gasteiger partial charge on any atom is 0.0932 e. The molecule has 0 amide bonds. The lowest BCUT2D eigenvalue weighted by atomic mass is 9.55. The molecule has 1 N–H and O–H groups in total. The molecule has 0 spiro atoms. The summed E-state index contributed by atoms with van der Waals surface area (Å²) in [5, 5.41) is 3.44. The molecule has 108 valence electrons. The van der Waals surface area contributed by atoms with Gasteiger partial charge in [-0.15, -0.1) is 0 Å². The van der Waals surface area contributed by atoms with Crippen molar-refractivity contribution in [2.45, 2.75) is 50.7 Å². The highest BCUT2D eigenvalue weighted by Gasteiger charge is 2.48. The van der Waals surface area contributed by atoms with Crippen LogP contribution in [0.15, 0.2) is 0 Å². The van der Waals surface area contributed by atoms with E-state index in [-0.39, 0.29) is 6.10 Å². The third-order valence-corrected chi connectivity index (χ3v) is 5.84. The van der Waals surface area contributed by atoms with Crippen molar-refractivity contribution in [2.75, 3.05) is 26.3 Å². The van der Waals surface area contributed by atoms with E-state index < -0.39 is 0 Å². The number of hydrogen-bond donors (Lipinski definition) is 1. The highest BCUT2D eigenvalue weighted by Crippen LogP contribution is 2.54. The Balaban J connectivity index is 1.33. The van der Waals surface area contributed by atoms with Gasteiger partial charge in [0.2, 0.25) is 0 Å². The Morgan fingerprint density at radius 3 is 2.47 bits per heavy atom. The van der Waals surface area contributed by atoms with Gasteiger partial charge in [-0.3, -0.25) is 0 Å². The average Bonchev–Trinajstić information content (AvgIpc) is 2.66. The minimum atomic E-state index is 0.277. The Labute approximate surface area is 116 Å². The van der Waals surface area contributed by atoms with E-state index in [0.29, 0.717) is 6.10 Å². The van der Waals surface area contributed by atoms with Gasteiger partial charge in [0, 0.05) is 13.2 Å². The Kier molecular flexibility index (Phi) is 3.55. The molecular weight excluding hydrogens is 238 g/mol. The van der Waals surface area contributed by atoms with Crippen LogP contribution in [0.3, 0.4) is 0 Å². The SMILES string of the molecule is C1CNCC(COC2C3CC4CC(C3)CC2C4)OC1. The van der Waals surface area contributed by atoms with Gasteiger partial charge in [-0.2, -0.15) is 0 Å². The van der Waals surface area contributed by atoms with Gasteiger partial charge >= 0.3 is 0 Å². The van der Waals surface area contributed by atoms with Crippen LogP contribution in [0, 0.1) is 23.7 Å². The van der Waals surface area contributed by atoms with E-state index >= 15 is 0 Å². The van der Waals surface area contributed by atoms with E-state index in [9.17, 15) is 0 Å². The number of nitrogens with one attached hydrogen (secondary N) is 1. The van der Waals surface area contributed by atoms with Crippen LogP contribution in [-0.4, -0.2) is 38.5 Å². The number of hydrogen-bond acceptors (Lipinski definition) is 3.